The number of hydrogen-bond donors (Lipinski definition) is 1. The summed E-state index contributed by atoms with van der Waals surface area (Å²) in [6.07, 6.45) is 7.01. The van der Waals surface area contributed by atoms with E-state index < -0.39 is 0 Å². The zero-order valence-electron chi connectivity index (χ0n) is 8.44. The number of rotatable bonds is 4. The number of hydrogen-bond acceptors (Lipinski definition) is 1. The summed E-state index contributed by atoms with van der Waals surface area (Å²) in [5.74, 6) is 0. The van der Waals surface area contributed by atoms with Gasteiger partial charge in [-0.3, -0.25) is 0 Å². The van der Waals surface area contributed by atoms with Gasteiger partial charge in [0.2, 0.25) is 0 Å². The van der Waals surface area contributed by atoms with E-state index in [9.17, 15) is 0 Å². The van der Waals surface area contributed by atoms with E-state index in [0.29, 0.717) is 0 Å². The van der Waals surface area contributed by atoms with Crippen LogP contribution in [0.25, 0.3) is 0 Å². The smallest absolute Gasteiger partial charge is 0.0167 e. The maximum absolute atomic E-state index is 2.75. The van der Waals surface area contributed by atoms with E-state index in [1.165, 1.54) is 32.1 Å². The lowest BCUT2D eigenvalue weighted by Crippen LogP contribution is -1.89. The molecule has 0 aliphatic rings. The van der Waals surface area contributed by atoms with Gasteiger partial charge in [-0.05, 0) is 14.1 Å². The van der Waals surface area contributed by atoms with Crippen molar-refractivity contribution in [3.05, 3.63) is 0 Å². The molecule has 0 amide bonds. The van der Waals surface area contributed by atoms with Crippen LogP contribution >= 0.6 is 17.0 Å². The first kappa shape index (κ1) is 17.5. The molecule has 0 aliphatic carbocycles. The van der Waals surface area contributed by atoms with Crippen LogP contribution in [0.4, 0.5) is 0 Å². The molecule has 0 atom stereocenters. The summed E-state index contributed by atoms with van der Waals surface area (Å²) in [7, 11) is 3.75. The van der Waals surface area contributed by atoms with Gasteiger partial charge < -0.3 is 5.32 Å². The van der Waals surface area contributed by atoms with Crippen molar-refractivity contribution < 1.29 is 0 Å². The largest absolute Gasteiger partial charge is 0.323 e. The Bertz CT molecular complexity index is 36.5. The Morgan fingerprint density at radius 1 is 0.818 bits per heavy atom. The lowest BCUT2D eigenvalue weighted by molar-refractivity contribution is 0.656. The SMILES string of the molecule is Br.CCCCCCC.CNC. The van der Waals surface area contributed by atoms with Gasteiger partial charge >= 0.3 is 0 Å². The Labute approximate surface area is 82.7 Å². The van der Waals surface area contributed by atoms with Gasteiger partial charge in [0.25, 0.3) is 0 Å². The highest BCUT2D eigenvalue weighted by atomic mass is 79.9. The summed E-state index contributed by atoms with van der Waals surface area (Å²) in [4.78, 5) is 0. The topological polar surface area (TPSA) is 12.0 Å². The Balaban J connectivity index is -0.000000140. The quantitative estimate of drug-likeness (QED) is 0.724. The third-order valence-corrected chi connectivity index (χ3v) is 1.21. The molecule has 0 aromatic heterocycles. The van der Waals surface area contributed by atoms with Crippen molar-refractivity contribution in [1.29, 1.82) is 0 Å². The van der Waals surface area contributed by atoms with Gasteiger partial charge in [-0.25, -0.2) is 0 Å². The third kappa shape index (κ3) is 37.7. The third-order valence-electron chi connectivity index (χ3n) is 1.21. The van der Waals surface area contributed by atoms with Crippen LogP contribution in [0.15, 0.2) is 0 Å². The molecule has 0 aliphatic heterocycles. The summed E-state index contributed by atoms with van der Waals surface area (Å²) in [5.41, 5.74) is 0. The second kappa shape index (κ2) is 22.4. The van der Waals surface area contributed by atoms with E-state index in [1.807, 2.05) is 14.1 Å². The highest BCUT2D eigenvalue weighted by Gasteiger charge is 1.80. The molecule has 11 heavy (non-hydrogen) atoms. The molecular weight excluding hydrogens is 202 g/mol. The van der Waals surface area contributed by atoms with Crippen molar-refractivity contribution in [2.24, 2.45) is 0 Å². The molecule has 0 fully saturated rings. The molecule has 0 spiro atoms. The molecule has 0 saturated carbocycles. The normalized spacial score (nSPS) is 7.64. The molecule has 0 aromatic rings. The second-order valence-corrected chi connectivity index (χ2v) is 2.56. The van der Waals surface area contributed by atoms with Gasteiger partial charge in [0, 0.05) is 0 Å². The minimum atomic E-state index is 0. The first-order valence-corrected chi connectivity index (χ1v) is 4.41. The summed E-state index contributed by atoms with van der Waals surface area (Å²) in [6, 6.07) is 0. The van der Waals surface area contributed by atoms with Crippen molar-refractivity contribution in [2.75, 3.05) is 14.1 Å². The van der Waals surface area contributed by atoms with Crippen molar-refractivity contribution in [3.63, 3.8) is 0 Å². The number of nitrogens with one attached hydrogen (secondary N) is 1. The fraction of sp³-hybridized carbons (Fsp3) is 1.00. The van der Waals surface area contributed by atoms with Crippen molar-refractivity contribution >= 4 is 17.0 Å². The predicted molar refractivity (Wildman–Crippen MR) is 59.7 cm³/mol. The van der Waals surface area contributed by atoms with E-state index in [1.54, 1.807) is 0 Å². The Kier molecular flexibility index (Phi) is 35.7. The van der Waals surface area contributed by atoms with E-state index in [0.717, 1.165) is 0 Å². The van der Waals surface area contributed by atoms with Crippen LogP contribution in [0.2, 0.25) is 0 Å². The molecule has 0 bridgehead atoms. The zero-order chi connectivity index (χ0) is 8.24. The Morgan fingerprint density at radius 3 is 1.27 bits per heavy atom. The standard InChI is InChI=1S/C7H16.C2H7N.BrH/c1-3-5-7-6-4-2;1-3-2;/h3-7H2,1-2H3;3H,1-2H3;1H. The molecule has 0 saturated heterocycles. The first-order valence-electron chi connectivity index (χ1n) is 4.41. The lowest BCUT2D eigenvalue weighted by Gasteiger charge is -1.90. The zero-order valence-corrected chi connectivity index (χ0v) is 10.2. The average molecular weight is 226 g/mol. The first-order chi connectivity index (χ1) is 4.83. The van der Waals surface area contributed by atoms with Crippen LogP contribution in [-0.4, -0.2) is 14.1 Å². The van der Waals surface area contributed by atoms with Crippen LogP contribution in [0.1, 0.15) is 46.0 Å². The molecular formula is C9H24BrN. The van der Waals surface area contributed by atoms with E-state index in [-0.39, 0.29) is 17.0 Å². The van der Waals surface area contributed by atoms with Crippen molar-refractivity contribution in [2.45, 2.75) is 46.0 Å². The predicted octanol–water partition coefficient (Wildman–Crippen LogP) is 3.39. The minimum absolute atomic E-state index is 0. The number of unbranched alkanes of at least 4 members (excludes halogenated alkanes) is 4. The molecule has 0 heterocycles. The van der Waals surface area contributed by atoms with Gasteiger partial charge in [-0.1, -0.05) is 46.0 Å². The van der Waals surface area contributed by atoms with Crippen LogP contribution in [0.5, 0.6) is 0 Å². The fourth-order valence-electron chi connectivity index (χ4n) is 0.677. The highest BCUT2D eigenvalue weighted by molar-refractivity contribution is 8.93. The monoisotopic (exact) mass is 225 g/mol. The van der Waals surface area contributed by atoms with Gasteiger partial charge in [0.05, 0.1) is 0 Å². The molecule has 0 rings (SSSR count). The molecule has 1 N–H and O–H groups in total. The Morgan fingerprint density at radius 2 is 1.09 bits per heavy atom. The molecule has 72 valence electrons. The Hall–Kier alpha value is 0.440. The van der Waals surface area contributed by atoms with Gasteiger partial charge in [0.15, 0.2) is 0 Å². The fourth-order valence-corrected chi connectivity index (χ4v) is 0.677. The van der Waals surface area contributed by atoms with Gasteiger partial charge in [-0.15, -0.1) is 17.0 Å². The maximum Gasteiger partial charge on any atom is -0.0167 e. The van der Waals surface area contributed by atoms with Crippen LogP contribution < -0.4 is 5.32 Å². The summed E-state index contributed by atoms with van der Waals surface area (Å²) >= 11 is 0. The van der Waals surface area contributed by atoms with Crippen LogP contribution in [-0.2, 0) is 0 Å². The van der Waals surface area contributed by atoms with Crippen molar-refractivity contribution in [3.8, 4) is 0 Å². The lowest BCUT2D eigenvalue weighted by atomic mass is 10.2. The van der Waals surface area contributed by atoms with E-state index in [2.05, 4.69) is 19.2 Å². The van der Waals surface area contributed by atoms with Crippen molar-refractivity contribution in [1.82, 2.24) is 5.32 Å². The summed E-state index contributed by atoms with van der Waals surface area (Å²) in [6.45, 7) is 4.49. The average Bonchev–Trinajstić information content (AvgIpc) is 1.91. The van der Waals surface area contributed by atoms with Crippen LogP contribution in [0, 0.1) is 0 Å². The summed E-state index contributed by atoms with van der Waals surface area (Å²) in [5, 5.41) is 2.75. The summed E-state index contributed by atoms with van der Waals surface area (Å²) < 4.78 is 0. The highest BCUT2D eigenvalue weighted by Crippen LogP contribution is 2.00. The molecule has 0 unspecified atom stereocenters. The van der Waals surface area contributed by atoms with E-state index >= 15 is 0 Å². The molecule has 0 aromatic carbocycles. The molecule has 1 nitrogen and oxygen atoms in total. The minimum Gasteiger partial charge on any atom is -0.323 e. The maximum atomic E-state index is 2.75. The van der Waals surface area contributed by atoms with Gasteiger partial charge in [-0.2, -0.15) is 0 Å². The van der Waals surface area contributed by atoms with E-state index in [4.69, 9.17) is 0 Å². The molecule has 0 radical (unpaired) electrons. The van der Waals surface area contributed by atoms with Gasteiger partial charge in [0.1, 0.15) is 0 Å². The molecule has 2 heteroatoms. The second-order valence-electron chi connectivity index (χ2n) is 2.56. The number of halogens is 1. The van der Waals surface area contributed by atoms with Crippen LogP contribution in [0.3, 0.4) is 0 Å².